The molecule has 1 rings (SSSR count). The summed E-state index contributed by atoms with van der Waals surface area (Å²) in [6, 6.07) is 1.90. The molecule has 1 aromatic rings. The molecule has 0 aliphatic rings. The van der Waals surface area contributed by atoms with Crippen LogP contribution in [-0.4, -0.2) is 28.3 Å². The summed E-state index contributed by atoms with van der Waals surface area (Å²) in [6.07, 6.45) is 0.792. The standard InChI is InChI=1S/C12H22N4O/c1-8(2)10(5-6-13)14-12(17)11-7-9(3)15-16(11)4/h7-8,10H,5-6,13H2,1-4H3,(H,14,17). The number of nitrogens with zero attached hydrogens (tertiary/aromatic N) is 2. The predicted molar refractivity (Wildman–Crippen MR) is 67.7 cm³/mol. The summed E-state index contributed by atoms with van der Waals surface area (Å²) in [5, 5.41) is 7.17. The number of carbonyl (C=O) groups excluding carboxylic acids is 1. The topological polar surface area (TPSA) is 72.9 Å². The fourth-order valence-corrected chi connectivity index (χ4v) is 1.82. The third kappa shape index (κ3) is 3.56. The summed E-state index contributed by atoms with van der Waals surface area (Å²) in [7, 11) is 1.77. The van der Waals surface area contributed by atoms with Gasteiger partial charge in [-0.2, -0.15) is 5.10 Å². The predicted octanol–water partition coefficient (Wildman–Crippen LogP) is 0.832. The van der Waals surface area contributed by atoms with Crippen LogP contribution < -0.4 is 11.1 Å². The Bertz CT molecular complexity index is 384. The Morgan fingerprint density at radius 2 is 2.24 bits per heavy atom. The number of carbonyl (C=O) groups is 1. The Morgan fingerprint density at radius 3 is 2.65 bits per heavy atom. The van der Waals surface area contributed by atoms with Gasteiger partial charge in [0.25, 0.3) is 5.91 Å². The third-order valence-electron chi connectivity index (χ3n) is 2.83. The van der Waals surface area contributed by atoms with Crippen LogP contribution in [-0.2, 0) is 7.05 Å². The van der Waals surface area contributed by atoms with E-state index in [1.54, 1.807) is 17.8 Å². The van der Waals surface area contributed by atoms with Gasteiger partial charge in [-0.1, -0.05) is 13.8 Å². The van der Waals surface area contributed by atoms with Crippen LogP contribution in [0.4, 0.5) is 0 Å². The maximum Gasteiger partial charge on any atom is 0.269 e. The van der Waals surface area contributed by atoms with Crippen molar-refractivity contribution < 1.29 is 4.79 Å². The number of hydrogen-bond donors (Lipinski definition) is 2. The molecule has 0 aliphatic carbocycles. The highest BCUT2D eigenvalue weighted by Crippen LogP contribution is 2.08. The number of aryl methyl sites for hydroxylation is 2. The first kappa shape index (κ1) is 13.7. The summed E-state index contributed by atoms with van der Waals surface area (Å²) >= 11 is 0. The van der Waals surface area contributed by atoms with Crippen LogP contribution in [0.5, 0.6) is 0 Å². The molecule has 3 N–H and O–H groups in total. The van der Waals surface area contributed by atoms with Gasteiger partial charge in [-0.05, 0) is 31.9 Å². The van der Waals surface area contributed by atoms with E-state index in [2.05, 4.69) is 24.3 Å². The molecule has 5 heteroatoms. The van der Waals surface area contributed by atoms with E-state index in [1.165, 1.54) is 0 Å². The Hall–Kier alpha value is -1.36. The first-order chi connectivity index (χ1) is 7.95. The first-order valence-electron chi connectivity index (χ1n) is 5.97. The summed E-state index contributed by atoms with van der Waals surface area (Å²) in [4.78, 5) is 12.1. The van der Waals surface area contributed by atoms with Gasteiger partial charge in [0, 0.05) is 13.1 Å². The van der Waals surface area contributed by atoms with Crippen molar-refractivity contribution >= 4 is 5.91 Å². The van der Waals surface area contributed by atoms with Crippen molar-refractivity contribution in [2.45, 2.75) is 33.2 Å². The highest BCUT2D eigenvalue weighted by Gasteiger charge is 2.18. The van der Waals surface area contributed by atoms with E-state index in [0.717, 1.165) is 12.1 Å². The fourth-order valence-electron chi connectivity index (χ4n) is 1.82. The third-order valence-corrected chi connectivity index (χ3v) is 2.83. The minimum atomic E-state index is -0.0831. The second-order valence-corrected chi connectivity index (χ2v) is 4.70. The van der Waals surface area contributed by atoms with Crippen LogP contribution in [0.1, 0.15) is 36.5 Å². The Labute approximate surface area is 102 Å². The number of hydrogen-bond acceptors (Lipinski definition) is 3. The lowest BCUT2D eigenvalue weighted by Gasteiger charge is -2.21. The van der Waals surface area contributed by atoms with Crippen LogP contribution >= 0.6 is 0 Å². The molecule has 1 heterocycles. The average molecular weight is 238 g/mol. The van der Waals surface area contributed by atoms with Crippen LogP contribution in [0.15, 0.2) is 6.07 Å². The molecule has 0 bridgehead atoms. The van der Waals surface area contributed by atoms with E-state index in [1.807, 2.05) is 6.92 Å². The van der Waals surface area contributed by atoms with Gasteiger partial charge in [0.05, 0.1) is 5.69 Å². The van der Waals surface area contributed by atoms with E-state index in [0.29, 0.717) is 18.2 Å². The maximum atomic E-state index is 12.1. The lowest BCUT2D eigenvalue weighted by atomic mass is 10.0. The van der Waals surface area contributed by atoms with Gasteiger partial charge >= 0.3 is 0 Å². The molecule has 1 aromatic heterocycles. The Balaban J connectivity index is 2.73. The summed E-state index contributed by atoms with van der Waals surface area (Å²) in [5.41, 5.74) is 6.98. The van der Waals surface area contributed by atoms with Crippen LogP contribution in [0.25, 0.3) is 0 Å². The Kier molecular flexibility index (Phi) is 4.69. The SMILES string of the molecule is Cc1cc(C(=O)NC(CCN)C(C)C)n(C)n1. The van der Waals surface area contributed by atoms with Gasteiger partial charge in [0.15, 0.2) is 0 Å². The van der Waals surface area contributed by atoms with Crippen LogP contribution in [0.3, 0.4) is 0 Å². The molecule has 96 valence electrons. The zero-order valence-corrected chi connectivity index (χ0v) is 11.0. The second kappa shape index (κ2) is 5.82. The molecule has 0 radical (unpaired) electrons. The van der Waals surface area contributed by atoms with Gasteiger partial charge in [0.1, 0.15) is 5.69 Å². The van der Waals surface area contributed by atoms with Crippen molar-refractivity contribution in [3.05, 3.63) is 17.5 Å². The molecule has 0 saturated heterocycles. The molecule has 1 amide bonds. The molecule has 0 fully saturated rings. The van der Waals surface area contributed by atoms with Crippen molar-refractivity contribution in [1.82, 2.24) is 15.1 Å². The zero-order valence-electron chi connectivity index (χ0n) is 11.0. The van der Waals surface area contributed by atoms with E-state index in [9.17, 15) is 4.79 Å². The molecule has 0 aliphatic heterocycles. The monoisotopic (exact) mass is 238 g/mol. The molecule has 1 atom stereocenters. The van der Waals surface area contributed by atoms with Gasteiger partial charge in [-0.15, -0.1) is 0 Å². The molecule has 5 nitrogen and oxygen atoms in total. The van der Waals surface area contributed by atoms with Crippen molar-refractivity contribution in [2.24, 2.45) is 18.7 Å². The van der Waals surface area contributed by atoms with E-state index in [4.69, 9.17) is 5.73 Å². The smallest absolute Gasteiger partial charge is 0.269 e. The van der Waals surface area contributed by atoms with Crippen LogP contribution in [0, 0.1) is 12.8 Å². The summed E-state index contributed by atoms with van der Waals surface area (Å²) in [6.45, 7) is 6.61. The molecule has 17 heavy (non-hydrogen) atoms. The van der Waals surface area contributed by atoms with Gasteiger partial charge in [0.2, 0.25) is 0 Å². The summed E-state index contributed by atoms with van der Waals surface area (Å²) < 4.78 is 1.60. The average Bonchev–Trinajstić information content (AvgIpc) is 2.57. The van der Waals surface area contributed by atoms with Crippen molar-refractivity contribution in [2.75, 3.05) is 6.54 Å². The number of nitrogens with two attached hydrogens (primary N) is 1. The van der Waals surface area contributed by atoms with Gasteiger partial charge in [-0.3, -0.25) is 9.48 Å². The zero-order chi connectivity index (χ0) is 13.0. The van der Waals surface area contributed by atoms with Crippen LogP contribution in [0.2, 0.25) is 0 Å². The first-order valence-corrected chi connectivity index (χ1v) is 5.97. The Morgan fingerprint density at radius 1 is 1.59 bits per heavy atom. The number of aromatic nitrogens is 2. The fraction of sp³-hybridized carbons (Fsp3) is 0.667. The number of nitrogens with one attached hydrogen (secondary N) is 1. The van der Waals surface area contributed by atoms with Gasteiger partial charge < -0.3 is 11.1 Å². The molecule has 0 saturated carbocycles. The molecule has 1 unspecified atom stereocenters. The molecular weight excluding hydrogens is 216 g/mol. The maximum absolute atomic E-state index is 12.1. The molecule has 0 spiro atoms. The van der Waals surface area contributed by atoms with E-state index >= 15 is 0 Å². The lowest BCUT2D eigenvalue weighted by Crippen LogP contribution is -2.40. The normalized spacial score (nSPS) is 12.8. The highest BCUT2D eigenvalue weighted by molar-refractivity contribution is 5.92. The highest BCUT2D eigenvalue weighted by atomic mass is 16.2. The molecular formula is C12H22N4O. The quantitative estimate of drug-likeness (QED) is 0.798. The minimum Gasteiger partial charge on any atom is -0.348 e. The largest absolute Gasteiger partial charge is 0.348 e. The van der Waals surface area contributed by atoms with Crippen molar-refractivity contribution in [3.63, 3.8) is 0 Å². The molecule has 0 aromatic carbocycles. The minimum absolute atomic E-state index is 0.0831. The van der Waals surface area contributed by atoms with Crippen molar-refractivity contribution in [1.29, 1.82) is 0 Å². The van der Waals surface area contributed by atoms with E-state index in [-0.39, 0.29) is 11.9 Å². The van der Waals surface area contributed by atoms with Crippen molar-refractivity contribution in [3.8, 4) is 0 Å². The van der Waals surface area contributed by atoms with E-state index < -0.39 is 0 Å². The second-order valence-electron chi connectivity index (χ2n) is 4.70. The summed E-state index contributed by atoms with van der Waals surface area (Å²) in [5.74, 6) is 0.289. The van der Waals surface area contributed by atoms with Gasteiger partial charge in [-0.25, -0.2) is 0 Å². The lowest BCUT2D eigenvalue weighted by molar-refractivity contribution is 0.0914. The number of amides is 1. The number of rotatable bonds is 5.